The fourth-order valence-electron chi connectivity index (χ4n) is 1.80. The molecule has 18 heavy (non-hydrogen) atoms. The highest BCUT2D eigenvalue weighted by Crippen LogP contribution is 2.21. The molecule has 0 aliphatic rings. The van der Waals surface area contributed by atoms with Crippen LogP contribution in [-0.4, -0.2) is 11.5 Å². The van der Waals surface area contributed by atoms with Crippen molar-refractivity contribution in [2.75, 3.05) is 6.54 Å². The standard InChI is InChI=1S/C15H23N3/c1-13(14-8-4-6-11-18-14)17-10-7-5-9-15(2,3)12-16/h4,6,8,11,13,17H,5,7,9-10H2,1-3H3. The van der Waals surface area contributed by atoms with Gasteiger partial charge in [0.1, 0.15) is 0 Å². The van der Waals surface area contributed by atoms with Gasteiger partial charge >= 0.3 is 0 Å². The van der Waals surface area contributed by atoms with Gasteiger partial charge in [0.25, 0.3) is 0 Å². The molecule has 0 saturated carbocycles. The van der Waals surface area contributed by atoms with E-state index in [1.54, 1.807) is 0 Å². The van der Waals surface area contributed by atoms with Gasteiger partial charge in [-0.25, -0.2) is 0 Å². The Hall–Kier alpha value is -1.40. The van der Waals surface area contributed by atoms with Crippen LogP contribution in [0, 0.1) is 16.7 Å². The minimum atomic E-state index is -0.188. The molecule has 0 bridgehead atoms. The minimum Gasteiger partial charge on any atom is -0.309 e. The van der Waals surface area contributed by atoms with Crippen LogP contribution in [0.3, 0.4) is 0 Å². The lowest BCUT2D eigenvalue weighted by molar-refractivity contribution is 0.417. The van der Waals surface area contributed by atoms with Crippen LogP contribution in [0.1, 0.15) is 51.8 Å². The second-order valence-electron chi connectivity index (χ2n) is 5.38. The maximum absolute atomic E-state index is 8.91. The second-order valence-corrected chi connectivity index (χ2v) is 5.38. The first kappa shape index (κ1) is 14.7. The molecule has 1 unspecified atom stereocenters. The Bertz CT molecular complexity index is 378. The summed E-state index contributed by atoms with van der Waals surface area (Å²) in [5, 5.41) is 12.4. The molecule has 0 radical (unpaired) electrons. The topological polar surface area (TPSA) is 48.7 Å². The Morgan fingerprint density at radius 3 is 2.78 bits per heavy atom. The predicted octanol–water partition coefficient (Wildman–Crippen LogP) is 3.45. The Labute approximate surface area is 110 Å². The molecule has 0 spiro atoms. The van der Waals surface area contributed by atoms with Gasteiger partial charge in [0, 0.05) is 12.2 Å². The first-order chi connectivity index (χ1) is 8.55. The Morgan fingerprint density at radius 1 is 1.39 bits per heavy atom. The van der Waals surface area contributed by atoms with Crippen LogP contribution in [0.4, 0.5) is 0 Å². The number of nitrogens with one attached hydrogen (secondary N) is 1. The highest BCUT2D eigenvalue weighted by atomic mass is 14.9. The summed E-state index contributed by atoms with van der Waals surface area (Å²) in [5.74, 6) is 0. The van der Waals surface area contributed by atoms with E-state index in [0.717, 1.165) is 31.5 Å². The van der Waals surface area contributed by atoms with Gasteiger partial charge in [-0.05, 0) is 52.3 Å². The van der Waals surface area contributed by atoms with E-state index in [0.29, 0.717) is 0 Å². The first-order valence-corrected chi connectivity index (χ1v) is 6.61. The van der Waals surface area contributed by atoms with Gasteiger partial charge < -0.3 is 5.32 Å². The molecule has 0 fully saturated rings. The molecule has 1 atom stereocenters. The zero-order valence-corrected chi connectivity index (χ0v) is 11.6. The SMILES string of the molecule is CC(NCCCCC(C)(C)C#N)c1ccccn1. The number of rotatable bonds is 7. The van der Waals surface area contributed by atoms with Gasteiger partial charge in [-0.3, -0.25) is 4.98 Å². The number of nitriles is 1. The van der Waals surface area contributed by atoms with E-state index in [1.165, 1.54) is 0 Å². The van der Waals surface area contributed by atoms with Crippen LogP contribution in [-0.2, 0) is 0 Å². The van der Waals surface area contributed by atoms with Crippen molar-refractivity contribution in [3.8, 4) is 6.07 Å². The van der Waals surface area contributed by atoms with Crippen molar-refractivity contribution in [2.24, 2.45) is 5.41 Å². The van der Waals surface area contributed by atoms with Crippen molar-refractivity contribution in [3.63, 3.8) is 0 Å². The summed E-state index contributed by atoms with van der Waals surface area (Å²) >= 11 is 0. The molecule has 3 heteroatoms. The molecular formula is C15H23N3. The molecule has 1 rings (SSSR count). The highest BCUT2D eigenvalue weighted by molar-refractivity contribution is 5.07. The third-order valence-corrected chi connectivity index (χ3v) is 3.11. The van der Waals surface area contributed by atoms with E-state index >= 15 is 0 Å². The fourth-order valence-corrected chi connectivity index (χ4v) is 1.80. The van der Waals surface area contributed by atoms with E-state index in [2.05, 4.69) is 23.3 Å². The van der Waals surface area contributed by atoms with Crippen molar-refractivity contribution < 1.29 is 0 Å². The molecule has 3 nitrogen and oxygen atoms in total. The quantitative estimate of drug-likeness (QED) is 0.748. The van der Waals surface area contributed by atoms with Gasteiger partial charge in [0.2, 0.25) is 0 Å². The number of hydrogen-bond donors (Lipinski definition) is 1. The molecule has 0 aliphatic heterocycles. The van der Waals surface area contributed by atoms with Crippen molar-refractivity contribution in [1.82, 2.24) is 10.3 Å². The fraction of sp³-hybridized carbons (Fsp3) is 0.600. The minimum absolute atomic E-state index is 0.188. The Balaban J connectivity index is 2.18. The summed E-state index contributed by atoms with van der Waals surface area (Å²) < 4.78 is 0. The molecule has 0 amide bonds. The van der Waals surface area contributed by atoms with Crippen LogP contribution >= 0.6 is 0 Å². The van der Waals surface area contributed by atoms with Crippen molar-refractivity contribution in [2.45, 2.75) is 46.1 Å². The van der Waals surface area contributed by atoms with Crippen molar-refractivity contribution in [3.05, 3.63) is 30.1 Å². The third kappa shape index (κ3) is 5.29. The number of unbranched alkanes of at least 4 members (excludes halogenated alkanes) is 1. The van der Waals surface area contributed by atoms with Gasteiger partial charge in [-0.15, -0.1) is 0 Å². The molecule has 98 valence electrons. The lowest BCUT2D eigenvalue weighted by atomic mass is 9.89. The zero-order chi connectivity index (χ0) is 13.4. The molecule has 1 N–H and O–H groups in total. The highest BCUT2D eigenvalue weighted by Gasteiger charge is 2.15. The van der Waals surface area contributed by atoms with Crippen molar-refractivity contribution in [1.29, 1.82) is 5.26 Å². The average Bonchev–Trinajstić information content (AvgIpc) is 2.39. The monoisotopic (exact) mass is 245 g/mol. The summed E-state index contributed by atoms with van der Waals surface area (Å²) in [6.45, 7) is 7.09. The third-order valence-electron chi connectivity index (χ3n) is 3.11. The van der Waals surface area contributed by atoms with Crippen LogP contribution in [0.25, 0.3) is 0 Å². The Morgan fingerprint density at radius 2 is 2.17 bits per heavy atom. The molecule has 0 aliphatic carbocycles. The molecule has 1 aromatic heterocycles. The first-order valence-electron chi connectivity index (χ1n) is 6.61. The average molecular weight is 245 g/mol. The maximum atomic E-state index is 8.91. The van der Waals surface area contributed by atoms with Gasteiger partial charge in [-0.2, -0.15) is 5.26 Å². The smallest absolute Gasteiger partial charge is 0.0683 e. The summed E-state index contributed by atoms with van der Waals surface area (Å²) in [6.07, 6.45) is 4.97. The van der Waals surface area contributed by atoms with E-state index in [9.17, 15) is 0 Å². The molecule has 0 aromatic carbocycles. The number of nitrogens with zero attached hydrogens (tertiary/aromatic N) is 2. The van der Waals surface area contributed by atoms with Crippen molar-refractivity contribution >= 4 is 0 Å². The van der Waals surface area contributed by atoms with Gasteiger partial charge in [0.15, 0.2) is 0 Å². The number of aromatic nitrogens is 1. The lowest BCUT2D eigenvalue weighted by Crippen LogP contribution is -2.21. The summed E-state index contributed by atoms with van der Waals surface area (Å²) in [6, 6.07) is 8.60. The summed E-state index contributed by atoms with van der Waals surface area (Å²) in [7, 11) is 0. The van der Waals surface area contributed by atoms with E-state index in [-0.39, 0.29) is 11.5 Å². The van der Waals surface area contributed by atoms with Gasteiger partial charge in [0.05, 0.1) is 17.2 Å². The second kappa shape index (κ2) is 7.13. The molecule has 0 saturated heterocycles. The summed E-state index contributed by atoms with van der Waals surface area (Å²) in [5.41, 5.74) is 0.891. The maximum Gasteiger partial charge on any atom is 0.0683 e. The zero-order valence-electron chi connectivity index (χ0n) is 11.6. The van der Waals surface area contributed by atoms with E-state index < -0.39 is 0 Å². The number of hydrogen-bond acceptors (Lipinski definition) is 3. The summed E-state index contributed by atoms with van der Waals surface area (Å²) in [4.78, 5) is 4.32. The van der Waals surface area contributed by atoms with E-state index in [4.69, 9.17) is 5.26 Å². The lowest BCUT2D eigenvalue weighted by Gasteiger charge is -2.16. The molecule has 1 heterocycles. The van der Waals surface area contributed by atoms with Crippen LogP contribution in [0.15, 0.2) is 24.4 Å². The molecular weight excluding hydrogens is 222 g/mol. The molecule has 1 aromatic rings. The predicted molar refractivity (Wildman–Crippen MR) is 73.9 cm³/mol. The van der Waals surface area contributed by atoms with Crippen LogP contribution in [0.5, 0.6) is 0 Å². The largest absolute Gasteiger partial charge is 0.309 e. The Kier molecular flexibility index (Phi) is 5.80. The van der Waals surface area contributed by atoms with E-state index in [1.807, 2.05) is 38.2 Å². The van der Waals surface area contributed by atoms with Crippen LogP contribution in [0.2, 0.25) is 0 Å². The number of pyridine rings is 1. The normalized spacial score (nSPS) is 13.0. The van der Waals surface area contributed by atoms with Crippen LogP contribution < -0.4 is 5.32 Å². The van der Waals surface area contributed by atoms with Gasteiger partial charge in [-0.1, -0.05) is 12.5 Å².